The highest BCUT2D eigenvalue weighted by molar-refractivity contribution is 5.79. The average molecular weight is 285 g/mol. The molecule has 0 saturated carbocycles. The number of anilines is 1. The van der Waals surface area contributed by atoms with E-state index < -0.39 is 6.10 Å². The van der Waals surface area contributed by atoms with Crippen LogP contribution in [0.25, 0.3) is 11.0 Å². The van der Waals surface area contributed by atoms with Crippen molar-refractivity contribution in [1.29, 1.82) is 0 Å². The summed E-state index contributed by atoms with van der Waals surface area (Å²) in [6.07, 6.45) is 1.99. The molecule has 6 heteroatoms. The smallest absolute Gasteiger partial charge is 0.138 e. The summed E-state index contributed by atoms with van der Waals surface area (Å²) in [5.74, 6) is 0.665. The fourth-order valence-corrected chi connectivity index (χ4v) is 2.59. The first kappa shape index (κ1) is 13.6. The second-order valence-corrected chi connectivity index (χ2v) is 5.24. The highest BCUT2D eigenvalue weighted by Gasteiger charge is 2.15. The van der Waals surface area contributed by atoms with Crippen LogP contribution in [-0.2, 0) is 20.0 Å². The summed E-state index contributed by atoms with van der Waals surface area (Å²) in [5.41, 5.74) is 9.43. The Morgan fingerprint density at radius 1 is 1.33 bits per heavy atom. The Kier molecular flexibility index (Phi) is 3.39. The van der Waals surface area contributed by atoms with Crippen molar-refractivity contribution in [3.63, 3.8) is 0 Å². The monoisotopic (exact) mass is 285 g/mol. The number of aliphatic hydroxyl groups is 1. The maximum absolute atomic E-state index is 9.95. The lowest BCUT2D eigenvalue weighted by Crippen LogP contribution is -2.10. The Bertz CT molecular complexity index is 772. The van der Waals surface area contributed by atoms with Gasteiger partial charge in [-0.2, -0.15) is 5.10 Å². The number of aliphatic hydroxyl groups excluding tert-OH is 1. The molecular formula is C15H19N5O. The quantitative estimate of drug-likeness (QED) is 0.714. The van der Waals surface area contributed by atoms with Gasteiger partial charge >= 0.3 is 0 Å². The number of fused-ring (bicyclic) bond motifs is 1. The Labute approximate surface area is 122 Å². The first-order valence-corrected chi connectivity index (χ1v) is 6.97. The van der Waals surface area contributed by atoms with Gasteiger partial charge in [0.2, 0.25) is 0 Å². The zero-order chi connectivity index (χ0) is 15.0. The molecule has 0 saturated heterocycles. The molecule has 3 aromatic rings. The van der Waals surface area contributed by atoms with Crippen molar-refractivity contribution in [2.24, 2.45) is 7.05 Å². The van der Waals surface area contributed by atoms with Crippen LogP contribution in [0, 0.1) is 0 Å². The van der Waals surface area contributed by atoms with Gasteiger partial charge in [0.05, 0.1) is 11.0 Å². The number of nitrogens with two attached hydrogens (primary N) is 1. The van der Waals surface area contributed by atoms with E-state index in [1.165, 1.54) is 0 Å². The standard InChI is InChI=1S/C15H19N5O/c1-10(21)15-18-13-9-11(16)3-4-14(13)20(15)8-6-12-5-7-17-19(12)2/h3-5,7,9-10,21H,6,8,16H2,1-2H3. The third-order valence-corrected chi connectivity index (χ3v) is 3.69. The van der Waals surface area contributed by atoms with Crippen LogP contribution in [0.15, 0.2) is 30.5 Å². The zero-order valence-electron chi connectivity index (χ0n) is 12.2. The van der Waals surface area contributed by atoms with Crippen molar-refractivity contribution in [1.82, 2.24) is 19.3 Å². The second kappa shape index (κ2) is 5.21. The second-order valence-electron chi connectivity index (χ2n) is 5.24. The number of imidazole rings is 1. The highest BCUT2D eigenvalue weighted by Crippen LogP contribution is 2.23. The third-order valence-electron chi connectivity index (χ3n) is 3.69. The van der Waals surface area contributed by atoms with Crippen LogP contribution in [0.1, 0.15) is 24.5 Å². The van der Waals surface area contributed by atoms with E-state index in [0.717, 1.165) is 29.7 Å². The molecule has 2 aromatic heterocycles. The van der Waals surface area contributed by atoms with Crippen molar-refractivity contribution >= 4 is 16.7 Å². The van der Waals surface area contributed by atoms with Gasteiger partial charge in [0.25, 0.3) is 0 Å². The minimum atomic E-state index is -0.620. The molecule has 0 spiro atoms. The Hall–Kier alpha value is -2.34. The number of rotatable bonds is 4. The third kappa shape index (κ3) is 2.50. The SMILES string of the molecule is CC(O)c1nc2cc(N)ccc2n1CCc1ccnn1C. The van der Waals surface area contributed by atoms with Crippen LogP contribution in [0.2, 0.25) is 0 Å². The lowest BCUT2D eigenvalue weighted by molar-refractivity contribution is 0.184. The molecule has 21 heavy (non-hydrogen) atoms. The van der Waals surface area contributed by atoms with Crippen molar-refractivity contribution < 1.29 is 5.11 Å². The van der Waals surface area contributed by atoms with Gasteiger partial charge in [0.15, 0.2) is 0 Å². The van der Waals surface area contributed by atoms with E-state index in [4.69, 9.17) is 5.73 Å². The lowest BCUT2D eigenvalue weighted by atomic mass is 10.2. The first-order chi connectivity index (χ1) is 10.1. The van der Waals surface area contributed by atoms with Gasteiger partial charge in [-0.05, 0) is 31.2 Å². The van der Waals surface area contributed by atoms with Crippen molar-refractivity contribution in [2.45, 2.75) is 26.0 Å². The number of nitrogen functional groups attached to an aromatic ring is 1. The summed E-state index contributed by atoms with van der Waals surface area (Å²) in [6, 6.07) is 7.64. The number of benzene rings is 1. The Balaban J connectivity index is 1.99. The molecule has 2 heterocycles. The van der Waals surface area contributed by atoms with E-state index >= 15 is 0 Å². The summed E-state index contributed by atoms with van der Waals surface area (Å²) in [6.45, 7) is 2.46. The molecule has 3 N–H and O–H groups in total. The van der Waals surface area contributed by atoms with Gasteiger partial charge in [0.1, 0.15) is 11.9 Å². The molecule has 0 fully saturated rings. The van der Waals surface area contributed by atoms with Crippen molar-refractivity contribution in [2.75, 3.05) is 5.73 Å². The molecule has 1 atom stereocenters. The predicted octanol–water partition coefficient (Wildman–Crippen LogP) is 1.65. The molecule has 0 bridgehead atoms. The number of nitrogens with zero attached hydrogens (tertiary/aromatic N) is 4. The van der Waals surface area contributed by atoms with E-state index in [-0.39, 0.29) is 0 Å². The van der Waals surface area contributed by atoms with E-state index in [2.05, 4.69) is 10.1 Å². The van der Waals surface area contributed by atoms with Gasteiger partial charge in [-0.1, -0.05) is 0 Å². The van der Waals surface area contributed by atoms with Crippen LogP contribution >= 0.6 is 0 Å². The van der Waals surface area contributed by atoms with E-state index in [1.54, 1.807) is 13.1 Å². The number of aryl methyl sites for hydroxylation is 3. The number of hydrogen-bond acceptors (Lipinski definition) is 4. The van der Waals surface area contributed by atoms with Gasteiger partial charge in [-0.15, -0.1) is 0 Å². The lowest BCUT2D eigenvalue weighted by Gasteiger charge is -2.11. The molecule has 3 rings (SSSR count). The summed E-state index contributed by atoms with van der Waals surface area (Å²) >= 11 is 0. The molecular weight excluding hydrogens is 266 g/mol. The molecule has 0 aliphatic heterocycles. The topological polar surface area (TPSA) is 81.9 Å². The maximum Gasteiger partial charge on any atom is 0.138 e. The van der Waals surface area contributed by atoms with Gasteiger partial charge < -0.3 is 15.4 Å². The largest absolute Gasteiger partial charge is 0.399 e. The first-order valence-electron chi connectivity index (χ1n) is 6.97. The van der Waals surface area contributed by atoms with Crippen LogP contribution in [0.3, 0.4) is 0 Å². The fourth-order valence-electron chi connectivity index (χ4n) is 2.59. The summed E-state index contributed by atoms with van der Waals surface area (Å²) in [7, 11) is 1.93. The molecule has 110 valence electrons. The van der Waals surface area contributed by atoms with Gasteiger partial charge in [-0.3, -0.25) is 4.68 Å². The summed E-state index contributed by atoms with van der Waals surface area (Å²) < 4.78 is 3.91. The molecule has 1 aromatic carbocycles. The van der Waals surface area contributed by atoms with Crippen molar-refractivity contribution in [3.05, 3.63) is 42.0 Å². The normalized spacial score (nSPS) is 12.9. The number of hydrogen-bond donors (Lipinski definition) is 2. The average Bonchev–Trinajstić information content (AvgIpc) is 2.99. The fraction of sp³-hybridized carbons (Fsp3) is 0.333. The maximum atomic E-state index is 9.95. The van der Waals surface area contributed by atoms with Crippen LogP contribution in [-0.4, -0.2) is 24.4 Å². The predicted molar refractivity (Wildman–Crippen MR) is 81.7 cm³/mol. The Morgan fingerprint density at radius 3 is 2.81 bits per heavy atom. The van der Waals surface area contributed by atoms with Crippen LogP contribution in [0.5, 0.6) is 0 Å². The summed E-state index contributed by atoms with van der Waals surface area (Å²) in [4.78, 5) is 4.51. The van der Waals surface area contributed by atoms with Gasteiger partial charge in [-0.25, -0.2) is 4.98 Å². The molecule has 0 amide bonds. The highest BCUT2D eigenvalue weighted by atomic mass is 16.3. The van der Waals surface area contributed by atoms with Crippen LogP contribution in [0.4, 0.5) is 5.69 Å². The molecule has 6 nitrogen and oxygen atoms in total. The minimum absolute atomic E-state index is 0.620. The molecule has 0 aliphatic carbocycles. The van der Waals surface area contributed by atoms with Crippen molar-refractivity contribution in [3.8, 4) is 0 Å². The Morgan fingerprint density at radius 2 is 2.14 bits per heavy atom. The zero-order valence-corrected chi connectivity index (χ0v) is 12.2. The van der Waals surface area contributed by atoms with Crippen LogP contribution < -0.4 is 5.73 Å². The number of aromatic nitrogens is 4. The van der Waals surface area contributed by atoms with E-state index in [0.29, 0.717) is 11.5 Å². The van der Waals surface area contributed by atoms with Gasteiger partial charge in [0, 0.05) is 37.6 Å². The van der Waals surface area contributed by atoms with E-state index in [9.17, 15) is 5.11 Å². The summed E-state index contributed by atoms with van der Waals surface area (Å²) in [5, 5.41) is 14.1. The minimum Gasteiger partial charge on any atom is -0.399 e. The van der Waals surface area contributed by atoms with E-state index in [1.807, 2.05) is 40.6 Å². The molecule has 0 aliphatic rings. The molecule has 0 radical (unpaired) electrons. The molecule has 1 unspecified atom stereocenters.